The fourth-order valence-electron chi connectivity index (χ4n) is 3.51. The predicted octanol–water partition coefficient (Wildman–Crippen LogP) is 6.99. The molecule has 1 amide bonds. The van der Waals surface area contributed by atoms with Crippen LogP contribution < -0.4 is 10.6 Å². The number of anilines is 1. The second kappa shape index (κ2) is 10.3. The van der Waals surface area contributed by atoms with Gasteiger partial charge in [-0.3, -0.25) is 4.79 Å². The van der Waals surface area contributed by atoms with Crippen molar-refractivity contribution in [2.24, 2.45) is 10.9 Å². The lowest BCUT2D eigenvalue weighted by Gasteiger charge is -2.20. The number of aliphatic imine (C=N–C) groups is 1. The molecule has 0 saturated heterocycles. The summed E-state index contributed by atoms with van der Waals surface area (Å²) >= 11 is 6.14. The summed E-state index contributed by atoms with van der Waals surface area (Å²) in [6.07, 6.45) is 2.09. The Balaban J connectivity index is 1.79. The van der Waals surface area contributed by atoms with Crippen LogP contribution in [0.25, 0.3) is 0 Å². The van der Waals surface area contributed by atoms with Gasteiger partial charge >= 0.3 is 6.18 Å². The first-order valence-corrected chi connectivity index (χ1v) is 10.9. The van der Waals surface area contributed by atoms with Crippen LogP contribution in [-0.4, -0.2) is 11.1 Å². The van der Waals surface area contributed by atoms with E-state index >= 15 is 0 Å². The Morgan fingerprint density at radius 3 is 2.70 bits per heavy atom. The molecule has 2 N–H and O–H groups in total. The number of benzene rings is 2. The monoisotopic (exact) mass is 475 g/mol. The van der Waals surface area contributed by atoms with Gasteiger partial charge in [-0.15, -0.1) is 0 Å². The van der Waals surface area contributed by atoms with Crippen molar-refractivity contribution < 1.29 is 18.0 Å². The maximum atomic E-state index is 13.0. The van der Waals surface area contributed by atoms with Crippen molar-refractivity contribution in [1.82, 2.24) is 5.32 Å². The van der Waals surface area contributed by atoms with Crippen LogP contribution in [-0.2, 0) is 6.18 Å². The average molecular weight is 476 g/mol. The number of nitrogens with zero attached hydrogens (tertiary/aromatic N) is 1. The first-order chi connectivity index (χ1) is 15.5. The van der Waals surface area contributed by atoms with Crippen molar-refractivity contribution >= 4 is 28.4 Å². The molecule has 1 heterocycles. The quantitative estimate of drug-likeness (QED) is 0.489. The highest BCUT2D eigenvalue weighted by Gasteiger charge is 2.30. The lowest BCUT2D eigenvalue weighted by atomic mass is 10.0. The fraction of sp³-hybridized carbons (Fsp3) is 0.280. The molecule has 1 unspecified atom stereocenters. The molecule has 2 aromatic rings. The summed E-state index contributed by atoms with van der Waals surface area (Å²) in [4.78, 5) is 17.0. The molecule has 0 fully saturated rings. The Bertz CT molecular complexity index is 1120. The van der Waals surface area contributed by atoms with E-state index in [-0.39, 0.29) is 17.5 Å². The number of aryl methyl sites for hydroxylation is 1. The van der Waals surface area contributed by atoms with E-state index in [1.165, 1.54) is 12.1 Å². The molecule has 1 aliphatic heterocycles. The van der Waals surface area contributed by atoms with Crippen molar-refractivity contribution in [3.05, 3.63) is 88.8 Å². The third kappa shape index (κ3) is 6.71. The van der Waals surface area contributed by atoms with Gasteiger partial charge in [-0.05, 0) is 79.8 Å². The van der Waals surface area contributed by atoms with E-state index in [0.29, 0.717) is 16.7 Å². The number of nitrogens with one attached hydrogen (secondary N) is 2. The Hall–Kier alpha value is -3.06. The molecule has 0 bridgehead atoms. The minimum absolute atomic E-state index is 0.0659. The molecule has 1 aliphatic rings. The lowest BCUT2D eigenvalue weighted by Crippen LogP contribution is -2.20. The Morgan fingerprint density at radius 2 is 1.97 bits per heavy atom. The fourth-order valence-corrected chi connectivity index (χ4v) is 3.69. The van der Waals surface area contributed by atoms with Gasteiger partial charge in [-0.2, -0.15) is 13.2 Å². The minimum atomic E-state index is -4.52. The topological polar surface area (TPSA) is 53.5 Å². The maximum absolute atomic E-state index is 13.0. The zero-order valence-corrected chi connectivity index (χ0v) is 19.3. The summed E-state index contributed by atoms with van der Waals surface area (Å²) in [5.41, 5.74) is 1.45. The molecule has 0 spiro atoms. The van der Waals surface area contributed by atoms with E-state index in [9.17, 15) is 18.0 Å². The van der Waals surface area contributed by atoms with Crippen LogP contribution in [0.3, 0.4) is 0 Å². The summed E-state index contributed by atoms with van der Waals surface area (Å²) < 4.78 is 38.9. The van der Waals surface area contributed by atoms with Crippen molar-refractivity contribution in [1.29, 1.82) is 0 Å². The molecule has 8 heteroatoms. The summed E-state index contributed by atoms with van der Waals surface area (Å²) in [6.45, 7) is 5.99. The third-order valence-electron chi connectivity index (χ3n) is 5.25. The van der Waals surface area contributed by atoms with Crippen LogP contribution >= 0.6 is 11.6 Å². The number of rotatable bonds is 5. The molecule has 0 aliphatic carbocycles. The van der Waals surface area contributed by atoms with E-state index in [2.05, 4.69) is 22.5 Å². The number of amides is 1. The van der Waals surface area contributed by atoms with E-state index in [1.807, 2.05) is 32.1 Å². The number of carbonyl (C=O) groups is 1. The molecular weight excluding hydrogens is 451 g/mol. The van der Waals surface area contributed by atoms with Crippen molar-refractivity contribution in [3.8, 4) is 0 Å². The predicted molar refractivity (Wildman–Crippen MR) is 126 cm³/mol. The highest BCUT2D eigenvalue weighted by Crippen LogP contribution is 2.30. The van der Waals surface area contributed by atoms with Gasteiger partial charge in [-0.25, -0.2) is 4.99 Å². The van der Waals surface area contributed by atoms with Gasteiger partial charge in [0.25, 0.3) is 5.91 Å². The normalized spacial score (nSPS) is 21.5. The molecule has 2 aromatic carbocycles. The Labute approximate surface area is 196 Å². The van der Waals surface area contributed by atoms with Crippen molar-refractivity contribution in [3.63, 3.8) is 0 Å². The lowest BCUT2D eigenvalue weighted by molar-refractivity contribution is -0.137. The molecule has 3 rings (SSSR count). The van der Waals surface area contributed by atoms with Gasteiger partial charge < -0.3 is 10.6 Å². The molecule has 174 valence electrons. The Morgan fingerprint density at radius 1 is 1.21 bits per heavy atom. The number of hydrogen-bond donors (Lipinski definition) is 2. The molecule has 0 saturated carbocycles. The molecule has 0 aromatic heterocycles. The second-order valence-electron chi connectivity index (χ2n) is 8.07. The molecule has 33 heavy (non-hydrogen) atoms. The van der Waals surface area contributed by atoms with E-state index in [4.69, 9.17) is 11.6 Å². The standard InChI is InChI=1S/C25H25ClF3N3O/c1-15-6-4-9-22(26)32-23(12-15)30-17(3)21-14-20(11-10-16(21)2)31-24(33)18-7-5-8-19(13-18)25(27,28)29/h4-5,7-15,17,30H,6H2,1-3H3,(H,31,33)/b9-4+,23-12-,32-22+/t15?,17-/m0/s1. The highest BCUT2D eigenvalue weighted by atomic mass is 35.5. The van der Waals surface area contributed by atoms with Crippen molar-refractivity contribution in [2.75, 3.05) is 5.32 Å². The van der Waals surface area contributed by atoms with Crippen LogP contribution in [0.15, 0.2) is 71.5 Å². The van der Waals surface area contributed by atoms with Gasteiger partial charge in [0.2, 0.25) is 0 Å². The highest BCUT2D eigenvalue weighted by molar-refractivity contribution is 6.68. The van der Waals surface area contributed by atoms with Gasteiger partial charge in [0, 0.05) is 11.3 Å². The maximum Gasteiger partial charge on any atom is 0.416 e. The molecule has 2 atom stereocenters. The molecule has 0 radical (unpaired) electrons. The van der Waals surface area contributed by atoms with E-state index in [1.54, 1.807) is 18.2 Å². The van der Waals surface area contributed by atoms with Crippen LogP contribution in [0.1, 0.15) is 53.4 Å². The van der Waals surface area contributed by atoms with E-state index in [0.717, 1.165) is 29.7 Å². The average Bonchev–Trinajstić information content (AvgIpc) is 2.73. The zero-order chi connectivity index (χ0) is 24.2. The Kier molecular flexibility index (Phi) is 7.64. The molecule has 4 nitrogen and oxygen atoms in total. The summed E-state index contributed by atoms with van der Waals surface area (Å²) in [7, 11) is 0. The first-order valence-electron chi connectivity index (χ1n) is 10.5. The van der Waals surface area contributed by atoms with Crippen LogP contribution in [0.4, 0.5) is 18.9 Å². The largest absolute Gasteiger partial charge is 0.416 e. The molecular formula is C25H25ClF3N3O. The SMILES string of the molecule is Cc1ccc(NC(=O)c2cccc(C(F)(F)F)c2)cc1[C@H](C)NC1=C/C(C)C/C=C/C(Cl)=N\1. The van der Waals surface area contributed by atoms with Crippen molar-refractivity contribution in [2.45, 2.75) is 39.4 Å². The van der Waals surface area contributed by atoms with E-state index < -0.39 is 17.6 Å². The van der Waals surface area contributed by atoms with Crippen LogP contribution in [0, 0.1) is 12.8 Å². The minimum Gasteiger partial charge on any atom is -0.364 e. The number of halogens is 4. The van der Waals surface area contributed by atoms with Gasteiger partial charge in [0.1, 0.15) is 11.0 Å². The van der Waals surface area contributed by atoms with Gasteiger partial charge in [0.15, 0.2) is 0 Å². The number of allylic oxidation sites excluding steroid dienone is 3. The van der Waals surface area contributed by atoms with Crippen LogP contribution in [0.2, 0.25) is 0 Å². The third-order valence-corrected chi connectivity index (χ3v) is 5.46. The summed E-state index contributed by atoms with van der Waals surface area (Å²) in [5, 5.41) is 6.43. The summed E-state index contributed by atoms with van der Waals surface area (Å²) in [6, 6.07) is 9.55. The smallest absolute Gasteiger partial charge is 0.364 e. The number of hydrogen-bond acceptors (Lipinski definition) is 3. The van der Waals surface area contributed by atoms with Gasteiger partial charge in [-0.1, -0.05) is 36.7 Å². The summed E-state index contributed by atoms with van der Waals surface area (Å²) in [5.74, 6) is 0.321. The van der Waals surface area contributed by atoms with Gasteiger partial charge in [0.05, 0.1) is 11.6 Å². The van der Waals surface area contributed by atoms with Crippen LogP contribution in [0.5, 0.6) is 0 Å². The zero-order valence-electron chi connectivity index (χ0n) is 18.5. The number of alkyl halides is 3. The number of carbonyl (C=O) groups excluding carboxylic acids is 1. The first kappa shape index (κ1) is 24.6. The second-order valence-corrected chi connectivity index (χ2v) is 8.46.